The highest BCUT2D eigenvalue weighted by Gasteiger charge is 2.17. The van der Waals surface area contributed by atoms with Crippen LogP contribution in [-0.2, 0) is 22.6 Å². The van der Waals surface area contributed by atoms with Crippen LogP contribution >= 0.6 is 11.8 Å². The van der Waals surface area contributed by atoms with Gasteiger partial charge < -0.3 is 14.1 Å². The number of nitrogens with zero attached hydrogens (tertiary/aromatic N) is 5. The molecule has 3 heterocycles. The van der Waals surface area contributed by atoms with Gasteiger partial charge in [-0.3, -0.25) is 14.3 Å². The second-order valence-electron chi connectivity index (χ2n) is 5.80. The summed E-state index contributed by atoms with van der Waals surface area (Å²) in [5, 5.41) is 9.23. The van der Waals surface area contributed by atoms with E-state index < -0.39 is 0 Å². The average molecular weight is 387 g/mol. The molecule has 0 aliphatic heterocycles. The van der Waals surface area contributed by atoms with Gasteiger partial charge in [0.25, 0.3) is 0 Å². The molecule has 0 saturated heterocycles. The lowest BCUT2D eigenvalue weighted by atomic mass is 10.2. The number of ether oxygens (including phenoxy) is 1. The molecule has 3 rings (SSSR count). The number of carbonyl (C=O) groups excluding carboxylic acids is 1. The molecule has 3 aromatic heterocycles. The van der Waals surface area contributed by atoms with Gasteiger partial charge in [0.1, 0.15) is 5.76 Å². The Labute approximate surface area is 161 Å². The van der Waals surface area contributed by atoms with Gasteiger partial charge in [0.2, 0.25) is 5.91 Å². The number of furan rings is 1. The van der Waals surface area contributed by atoms with Crippen LogP contribution in [0.1, 0.15) is 5.76 Å². The predicted octanol–water partition coefficient (Wildman–Crippen LogP) is 2.33. The molecule has 0 radical (unpaired) electrons. The summed E-state index contributed by atoms with van der Waals surface area (Å²) in [5.41, 5.74) is 0.918. The van der Waals surface area contributed by atoms with Crippen LogP contribution in [-0.4, -0.2) is 57.1 Å². The summed E-state index contributed by atoms with van der Waals surface area (Å²) in [6, 6.07) is 7.41. The summed E-state index contributed by atoms with van der Waals surface area (Å²) in [7, 11) is 3.40. The molecule has 0 unspecified atom stereocenters. The fourth-order valence-electron chi connectivity index (χ4n) is 2.46. The Morgan fingerprint density at radius 1 is 1.30 bits per heavy atom. The van der Waals surface area contributed by atoms with E-state index in [9.17, 15) is 4.79 Å². The Morgan fingerprint density at radius 3 is 2.81 bits per heavy atom. The predicted molar refractivity (Wildman–Crippen MR) is 101 cm³/mol. The largest absolute Gasteiger partial charge is 0.467 e. The number of methoxy groups -OCH3 is 1. The van der Waals surface area contributed by atoms with Crippen molar-refractivity contribution in [3.05, 3.63) is 48.7 Å². The van der Waals surface area contributed by atoms with Crippen LogP contribution in [0.4, 0.5) is 0 Å². The van der Waals surface area contributed by atoms with Gasteiger partial charge in [-0.05, 0) is 24.3 Å². The molecule has 27 heavy (non-hydrogen) atoms. The van der Waals surface area contributed by atoms with Crippen molar-refractivity contribution < 1.29 is 13.9 Å². The Kier molecular flexibility index (Phi) is 6.61. The third-order valence-corrected chi connectivity index (χ3v) is 4.85. The van der Waals surface area contributed by atoms with Crippen molar-refractivity contribution in [1.82, 2.24) is 24.6 Å². The van der Waals surface area contributed by atoms with Gasteiger partial charge >= 0.3 is 0 Å². The molecule has 0 saturated carbocycles. The van der Waals surface area contributed by atoms with E-state index in [1.54, 1.807) is 43.8 Å². The van der Waals surface area contributed by atoms with E-state index in [1.807, 2.05) is 22.8 Å². The van der Waals surface area contributed by atoms with Gasteiger partial charge in [-0.15, -0.1) is 10.2 Å². The third kappa shape index (κ3) is 4.95. The Balaban J connectivity index is 1.68. The lowest BCUT2D eigenvalue weighted by Gasteiger charge is -2.15. The zero-order chi connectivity index (χ0) is 19.1. The lowest BCUT2D eigenvalue weighted by Crippen LogP contribution is -2.27. The highest BCUT2D eigenvalue weighted by atomic mass is 32.2. The summed E-state index contributed by atoms with van der Waals surface area (Å²) >= 11 is 1.36. The van der Waals surface area contributed by atoms with E-state index >= 15 is 0 Å². The zero-order valence-corrected chi connectivity index (χ0v) is 16.1. The average Bonchev–Trinajstić information content (AvgIpc) is 3.34. The zero-order valence-electron chi connectivity index (χ0n) is 15.2. The molecule has 3 aromatic rings. The molecule has 0 atom stereocenters. The Bertz CT molecular complexity index is 851. The molecule has 1 amide bonds. The quantitative estimate of drug-likeness (QED) is 0.521. The van der Waals surface area contributed by atoms with E-state index in [4.69, 9.17) is 9.15 Å². The number of aromatic nitrogens is 4. The molecule has 0 fully saturated rings. The minimum Gasteiger partial charge on any atom is -0.467 e. The number of thioether (sulfide) groups is 1. The monoisotopic (exact) mass is 387 g/mol. The molecule has 0 spiro atoms. The minimum atomic E-state index is -0.0110. The van der Waals surface area contributed by atoms with Gasteiger partial charge in [-0.1, -0.05) is 11.8 Å². The van der Waals surface area contributed by atoms with Crippen molar-refractivity contribution in [2.45, 2.75) is 18.2 Å². The highest BCUT2D eigenvalue weighted by Crippen LogP contribution is 2.24. The first kappa shape index (κ1) is 19.1. The van der Waals surface area contributed by atoms with Crippen LogP contribution < -0.4 is 0 Å². The van der Waals surface area contributed by atoms with Crippen LogP contribution in [0.15, 0.2) is 52.5 Å². The van der Waals surface area contributed by atoms with Crippen molar-refractivity contribution in [3.63, 3.8) is 0 Å². The molecule has 0 aliphatic rings. The first-order valence-electron chi connectivity index (χ1n) is 8.40. The second kappa shape index (κ2) is 9.33. The molecule has 0 aromatic carbocycles. The Hall–Kier alpha value is -2.65. The van der Waals surface area contributed by atoms with E-state index in [0.29, 0.717) is 24.9 Å². The lowest BCUT2D eigenvalue weighted by molar-refractivity contribution is -0.127. The molecule has 8 nitrogen and oxygen atoms in total. The summed E-state index contributed by atoms with van der Waals surface area (Å²) in [6.07, 6.45) is 5.02. The molecule has 0 aliphatic carbocycles. The van der Waals surface area contributed by atoms with Gasteiger partial charge in [0.05, 0.1) is 31.7 Å². The van der Waals surface area contributed by atoms with Crippen molar-refractivity contribution in [2.75, 3.05) is 26.5 Å². The third-order valence-electron chi connectivity index (χ3n) is 3.90. The second-order valence-corrected chi connectivity index (χ2v) is 6.75. The van der Waals surface area contributed by atoms with E-state index in [0.717, 1.165) is 17.1 Å². The first-order valence-corrected chi connectivity index (χ1v) is 9.39. The SMILES string of the molecule is COCCn1c(SCC(=O)N(C)Cc2ccco2)nnc1-c1ccncc1. The number of rotatable bonds is 9. The van der Waals surface area contributed by atoms with Crippen molar-refractivity contribution in [2.24, 2.45) is 0 Å². The maximum atomic E-state index is 12.4. The highest BCUT2D eigenvalue weighted by molar-refractivity contribution is 7.99. The number of amides is 1. The van der Waals surface area contributed by atoms with E-state index in [-0.39, 0.29) is 11.7 Å². The van der Waals surface area contributed by atoms with Gasteiger partial charge in [-0.2, -0.15) is 0 Å². The maximum absolute atomic E-state index is 12.4. The van der Waals surface area contributed by atoms with Crippen LogP contribution in [0, 0.1) is 0 Å². The van der Waals surface area contributed by atoms with Crippen LogP contribution in [0.3, 0.4) is 0 Å². The molecule has 0 bridgehead atoms. The van der Waals surface area contributed by atoms with Crippen molar-refractivity contribution in [1.29, 1.82) is 0 Å². The number of pyridine rings is 1. The van der Waals surface area contributed by atoms with Crippen LogP contribution in [0.5, 0.6) is 0 Å². The summed E-state index contributed by atoms with van der Waals surface area (Å²) < 4.78 is 12.4. The van der Waals surface area contributed by atoms with Gasteiger partial charge in [0, 0.05) is 32.1 Å². The fourth-order valence-corrected chi connectivity index (χ4v) is 3.36. The first-order chi connectivity index (χ1) is 13.2. The summed E-state index contributed by atoms with van der Waals surface area (Å²) in [4.78, 5) is 18.1. The van der Waals surface area contributed by atoms with Crippen molar-refractivity contribution in [3.8, 4) is 11.4 Å². The molecular formula is C18H21N5O3S. The van der Waals surface area contributed by atoms with Gasteiger partial charge in [-0.25, -0.2) is 0 Å². The minimum absolute atomic E-state index is 0.0110. The molecule has 9 heteroatoms. The number of hydrogen-bond acceptors (Lipinski definition) is 7. The number of carbonyl (C=O) groups is 1. The Morgan fingerprint density at radius 2 is 2.11 bits per heavy atom. The van der Waals surface area contributed by atoms with Crippen LogP contribution in [0.25, 0.3) is 11.4 Å². The maximum Gasteiger partial charge on any atom is 0.233 e. The summed E-state index contributed by atoms with van der Waals surface area (Å²) in [5.74, 6) is 1.73. The van der Waals surface area contributed by atoms with E-state index in [2.05, 4.69) is 15.2 Å². The standard InChI is InChI=1S/C18H21N5O3S/c1-22(12-15-4-3-10-26-15)16(24)13-27-18-21-20-17(23(18)9-11-25-2)14-5-7-19-8-6-14/h3-8,10H,9,11-13H2,1-2H3. The van der Waals surface area contributed by atoms with E-state index in [1.165, 1.54) is 11.8 Å². The summed E-state index contributed by atoms with van der Waals surface area (Å²) in [6.45, 7) is 1.56. The smallest absolute Gasteiger partial charge is 0.233 e. The molecular weight excluding hydrogens is 366 g/mol. The number of hydrogen-bond donors (Lipinski definition) is 0. The van der Waals surface area contributed by atoms with Crippen molar-refractivity contribution >= 4 is 17.7 Å². The van der Waals surface area contributed by atoms with Crippen LogP contribution in [0.2, 0.25) is 0 Å². The fraction of sp³-hybridized carbons (Fsp3) is 0.333. The molecule has 0 N–H and O–H groups in total. The molecule has 142 valence electrons. The normalized spacial score (nSPS) is 10.9. The topological polar surface area (TPSA) is 86.3 Å². The van der Waals surface area contributed by atoms with Gasteiger partial charge in [0.15, 0.2) is 11.0 Å².